The van der Waals surface area contributed by atoms with E-state index in [9.17, 15) is 0 Å². The molecule has 1 aromatic heterocycles. The Labute approximate surface area is 123 Å². The molecule has 0 spiro atoms. The van der Waals surface area contributed by atoms with Crippen LogP contribution in [0.15, 0.2) is 12.1 Å². The minimum atomic E-state index is 0.867. The summed E-state index contributed by atoms with van der Waals surface area (Å²) in [5.41, 5.74) is 2.62. The summed E-state index contributed by atoms with van der Waals surface area (Å²) >= 11 is 0. The van der Waals surface area contributed by atoms with Gasteiger partial charge < -0.3 is 10.2 Å². The van der Waals surface area contributed by atoms with Crippen LogP contribution in [0, 0.1) is 5.92 Å². The smallest absolute Gasteiger partial charge is 0.129 e. The van der Waals surface area contributed by atoms with E-state index in [2.05, 4.69) is 43.1 Å². The summed E-state index contributed by atoms with van der Waals surface area (Å²) in [6.45, 7) is 11.0. The average Bonchev–Trinajstić information content (AvgIpc) is 2.46. The number of anilines is 1. The number of hydrogen-bond acceptors (Lipinski definition) is 3. The second-order valence-electron chi connectivity index (χ2n) is 6.02. The first-order chi connectivity index (χ1) is 9.72. The van der Waals surface area contributed by atoms with Crippen LogP contribution in [0.2, 0.25) is 0 Å². The summed E-state index contributed by atoms with van der Waals surface area (Å²) in [5.74, 6) is 2.06. The maximum atomic E-state index is 4.88. The fourth-order valence-corrected chi connectivity index (χ4v) is 2.79. The largest absolute Gasteiger partial charge is 0.357 e. The Kier molecular flexibility index (Phi) is 5.84. The fourth-order valence-electron chi connectivity index (χ4n) is 2.79. The van der Waals surface area contributed by atoms with Crippen LogP contribution >= 0.6 is 0 Å². The molecule has 0 bridgehead atoms. The first kappa shape index (κ1) is 15.3. The van der Waals surface area contributed by atoms with Gasteiger partial charge in [0.2, 0.25) is 0 Å². The van der Waals surface area contributed by atoms with Gasteiger partial charge >= 0.3 is 0 Å². The molecular weight excluding hydrogens is 246 g/mol. The monoisotopic (exact) mass is 275 g/mol. The lowest BCUT2D eigenvalue weighted by molar-refractivity contribution is 0.436. The first-order valence-electron chi connectivity index (χ1n) is 8.18. The van der Waals surface area contributed by atoms with Crippen molar-refractivity contribution in [2.24, 2.45) is 5.92 Å². The normalized spacial score (nSPS) is 16.6. The Bertz CT molecular complexity index is 409. The molecule has 1 aliphatic rings. The molecule has 0 aromatic carbocycles. The van der Waals surface area contributed by atoms with Crippen LogP contribution in [0.25, 0.3) is 0 Å². The zero-order valence-electron chi connectivity index (χ0n) is 13.3. The van der Waals surface area contributed by atoms with Crippen molar-refractivity contribution < 1.29 is 0 Å². The molecule has 0 atom stereocenters. The van der Waals surface area contributed by atoms with Crippen molar-refractivity contribution >= 4 is 5.82 Å². The minimum absolute atomic E-state index is 0.867. The van der Waals surface area contributed by atoms with Crippen molar-refractivity contribution in [3.05, 3.63) is 23.4 Å². The van der Waals surface area contributed by atoms with Crippen LogP contribution in [0.1, 0.15) is 51.3 Å². The van der Waals surface area contributed by atoms with Crippen LogP contribution in [0.4, 0.5) is 5.82 Å². The highest BCUT2D eigenvalue weighted by Gasteiger charge is 2.17. The zero-order valence-corrected chi connectivity index (χ0v) is 13.3. The van der Waals surface area contributed by atoms with Gasteiger partial charge in [-0.2, -0.15) is 0 Å². The Balaban J connectivity index is 2.15. The SMILES string of the molecule is CCCc1cc(CNCC)cc(N2CCC(C)CC2)n1. The zero-order chi connectivity index (χ0) is 14.4. The van der Waals surface area contributed by atoms with Gasteiger partial charge in [-0.05, 0) is 49.4 Å². The summed E-state index contributed by atoms with van der Waals surface area (Å²) in [6, 6.07) is 4.54. The number of nitrogens with one attached hydrogen (secondary N) is 1. The number of aryl methyl sites for hydroxylation is 1. The quantitative estimate of drug-likeness (QED) is 0.862. The van der Waals surface area contributed by atoms with E-state index in [1.165, 1.54) is 29.9 Å². The third kappa shape index (κ3) is 4.20. The van der Waals surface area contributed by atoms with Crippen LogP contribution in [0.5, 0.6) is 0 Å². The van der Waals surface area contributed by atoms with Gasteiger partial charge in [-0.25, -0.2) is 4.98 Å². The molecule has 0 aliphatic carbocycles. The third-order valence-corrected chi connectivity index (χ3v) is 4.12. The molecule has 1 N–H and O–H groups in total. The predicted molar refractivity (Wildman–Crippen MR) is 86.2 cm³/mol. The Morgan fingerprint density at radius 2 is 2.00 bits per heavy atom. The van der Waals surface area contributed by atoms with E-state index in [-0.39, 0.29) is 0 Å². The molecule has 3 nitrogen and oxygen atoms in total. The Morgan fingerprint density at radius 3 is 2.65 bits per heavy atom. The maximum absolute atomic E-state index is 4.88. The van der Waals surface area contributed by atoms with Crippen molar-refractivity contribution in [2.75, 3.05) is 24.5 Å². The second-order valence-corrected chi connectivity index (χ2v) is 6.02. The molecule has 1 fully saturated rings. The van der Waals surface area contributed by atoms with Gasteiger partial charge in [0.15, 0.2) is 0 Å². The summed E-state index contributed by atoms with van der Waals surface area (Å²) in [4.78, 5) is 7.34. The van der Waals surface area contributed by atoms with Crippen molar-refractivity contribution in [3.63, 3.8) is 0 Å². The van der Waals surface area contributed by atoms with Gasteiger partial charge in [-0.1, -0.05) is 27.2 Å². The molecule has 1 aromatic rings. The molecule has 2 heterocycles. The highest BCUT2D eigenvalue weighted by molar-refractivity contribution is 5.43. The summed E-state index contributed by atoms with van der Waals surface area (Å²) in [5, 5.41) is 3.42. The third-order valence-electron chi connectivity index (χ3n) is 4.12. The summed E-state index contributed by atoms with van der Waals surface area (Å²) < 4.78 is 0. The van der Waals surface area contributed by atoms with Gasteiger partial charge in [0.1, 0.15) is 5.82 Å². The van der Waals surface area contributed by atoms with Gasteiger partial charge in [0.25, 0.3) is 0 Å². The summed E-state index contributed by atoms with van der Waals surface area (Å²) in [6.07, 6.45) is 4.83. The number of rotatable bonds is 6. The average molecular weight is 275 g/mol. The molecule has 1 aliphatic heterocycles. The second kappa shape index (κ2) is 7.63. The highest BCUT2D eigenvalue weighted by Crippen LogP contribution is 2.23. The number of aromatic nitrogens is 1. The van der Waals surface area contributed by atoms with Crippen LogP contribution in [-0.2, 0) is 13.0 Å². The number of nitrogens with zero attached hydrogens (tertiary/aromatic N) is 2. The lowest BCUT2D eigenvalue weighted by Gasteiger charge is -2.31. The lowest BCUT2D eigenvalue weighted by Crippen LogP contribution is -2.33. The highest BCUT2D eigenvalue weighted by atomic mass is 15.2. The number of piperidine rings is 1. The first-order valence-corrected chi connectivity index (χ1v) is 8.18. The summed E-state index contributed by atoms with van der Waals surface area (Å²) in [7, 11) is 0. The number of hydrogen-bond donors (Lipinski definition) is 1. The van der Waals surface area contributed by atoms with Gasteiger partial charge in [0, 0.05) is 25.3 Å². The molecule has 112 valence electrons. The molecule has 20 heavy (non-hydrogen) atoms. The van der Waals surface area contributed by atoms with E-state index >= 15 is 0 Å². The molecule has 0 unspecified atom stereocenters. The molecule has 0 amide bonds. The molecule has 2 rings (SSSR count). The minimum Gasteiger partial charge on any atom is -0.357 e. The number of pyridine rings is 1. The maximum Gasteiger partial charge on any atom is 0.129 e. The van der Waals surface area contributed by atoms with Gasteiger partial charge in [0.05, 0.1) is 0 Å². The Hall–Kier alpha value is -1.09. The molecular formula is C17H29N3. The van der Waals surface area contributed by atoms with Crippen LogP contribution in [-0.4, -0.2) is 24.6 Å². The molecule has 1 saturated heterocycles. The van der Waals surface area contributed by atoms with Crippen LogP contribution in [0.3, 0.4) is 0 Å². The van der Waals surface area contributed by atoms with Crippen LogP contribution < -0.4 is 10.2 Å². The van der Waals surface area contributed by atoms with E-state index in [4.69, 9.17) is 4.98 Å². The topological polar surface area (TPSA) is 28.2 Å². The van der Waals surface area contributed by atoms with E-state index in [0.717, 1.165) is 44.9 Å². The van der Waals surface area contributed by atoms with E-state index in [1.807, 2.05) is 0 Å². The van der Waals surface area contributed by atoms with Crippen molar-refractivity contribution in [3.8, 4) is 0 Å². The van der Waals surface area contributed by atoms with E-state index in [1.54, 1.807) is 0 Å². The van der Waals surface area contributed by atoms with Crippen molar-refractivity contribution in [1.29, 1.82) is 0 Å². The molecule has 3 heteroatoms. The molecule has 0 saturated carbocycles. The van der Waals surface area contributed by atoms with E-state index < -0.39 is 0 Å². The van der Waals surface area contributed by atoms with E-state index in [0.29, 0.717) is 0 Å². The van der Waals surface area contributed by atoms with Gasteiger partial charge in [-0.3, -0.25) is 0 Å². The predicted octanol–water partition coefficient (Wildman–Crippen LogP) is 3.38. The van der Waals surface area contributed by atoms with Crippen molar-refractivity contribution in [2.45, 2.75) is 53.0 Å². The fraction of sp³-hybridized carbons (Fsp3) is 0.706. The Morgan fingerprint density at radius 1 is 1.25 bits per heavy atom. The standard InChI is InChI=1S/C17H29N3/c1-4-6-16-11-15(13-18-5-2)12-17(19-16)20-9-7-14(3)8-10-20/h11-12,14,18H,4-10,13H2,1-3H3. The molecule has 0 radical (unpaired) electrons. The van der Waals surface area contributed by atoms with Crippen molar-refractivity contribution in [1.82, 2.24) is 10.3 Å². The van der Waals surface area contributed by atoms with Gasteiger partial charge in [-0.15, -0.1) is 0 Å². The lowest BCUT2D eigenvalue weighted by atomic mass is 9.99.